The molecule has 2 N–H and O–H groups in total. The van der Waals surface area contributed by atoms with Gasteiger partial charge in [-0.05, 0) is 30.9 Å². The lowest BCUT2D eigenvalue weighted by Gasteiger charge is -2.07. The van der Waals surface area contributed by atoms with E-state index in [9.17, 15) is 4.79 Å². The number of nitrogens with one attached hydrogen (secondary N) is 1. The van der Waals surface area contributed by atoms with Gasteiger partial charge in [-0.1, -0.05) is 17.9 Å². The SMILES string of the molecule is CSCCNC(=O)c1cc(C#CCCO)ccc1C. The molecular weight excluding hydrogens is 258 g/mol. The molecule has 0 atom stereocenters. The number of carbonyl (C=O) groups excluding carboxylic acids is 1. The second-order valence-corrected chi connectivity index (χ2v) is 5.04. The first kappa shape index (κ1) is 15.6. The van der Waals surface area contributed by atoms with E-state index in [4.69, 9.17) is 5.11 Å². The smallest absolute Gasteiger partial charge is 0.251 e. The minimum Gasteiger partial charge on any atom is -0.395 e. The molecule has 0 fully saturated rings. The first-order valence-corrected chi connectivity index (χ1v) is 7.56. The number of hydrogen-bond donors (Lipinski definition) is 2. The van der Waals surface area contributed by atoms with Crippen LogP contribution < -0.4 is 5.32 Å². The number of thioether (sulfide) groups is 1. The Balaban J connectivity index is 2.79. The fraction of sp³-hybridized carbons (Fsp3) is 0.400. The van der Waals surface area contributed by atoms with Crippen molar-refractivity contribution < 1.29 is 9.90 Å². The summed E-state index contributed by atoms with van der Waals surface area (Å²) < 4.78 is 0. The van der Waals surface area contributed by atoms with Crippen molar-refractivity contribution in [2.24, 2.45) is 0 Å². The van der Waals surface area contributed by atoms with E-state index in [1.165, 1.54) is 0 Å². The van der Waals surface area contributed by atoms with E-state index in [2.05, 4.69) is 17.2 Å². The van der Waals surface area contributed by atoms with E-state index < -0.39 is 0 Å². The third kappa shape index (κ3) is 5.37. The van der Waals surface area contributed by atoms with Crippen molar-refractivity contribution in [3.8, 4) is 11.8 Å². The van der Waals surface area contributed by atoms with Crippen LogP contribution in [0.4, 0.5) is 0 Å². The Hall–Kier alpha value is -1.44. The predicted molar refractivity (Wildman–Crippen MR) is 80.5 cm³/mol. The molecule has 0 aliphatic carbocycles. The normalized spacial score (nSPS) is 9.63. The molecule has 0 heterocycles. The molecule has 0 saturated carbocycles. The van der Waals surface area contributed by atoms with Crippen LogP contribution in [0.3, 0.4) is 0 Å². The number of amides is 1. The first-order valence-electron chi connectivity index (χ1n) is 6.16. The predicted octanol–water partition coefficient (Wildman–Crippen LogP) is 1.82. The van der Waals surface area contributed by atoms with Gasteiger partial charge >= 0.3 is 0 Å². The number of aliphatic hydroxyl groups excluding tert-OH is 1. The van der Waals surface area contributed by atoms with Crippen LogP contribution in [0, 0.1) is 18.8 Å². The van der Waals surface area contributed by atoms with Crippen LogP contribution >= 0.6 is 11.8 Å². The molecule has 0 radical (unpaired) electrons. The molecule has 3 nitrogen and oxygen atoms in total. The molecule has 1 aromatic carbocycles. The minimum absolute atomic E-state index is 0.0564. The lowest BCUT2D eigenvalue weighted by atomic mass is 10.0. The molecule has 0 unspecified atom stereocenters. The zero-order valence-corrected chi connectivity index (χ0v) is 12.1. The molecule has 102 valence electrons. The summed E-state index contributed by atoms with van der Waals surface area (Å²) >= 11 is 1.70. The maximum Gasteiger partial charge on any atom is 0.251 e. The van der Waals surface area contributed by atoms with Gasteiger partial charge in [-0.25, -0.2) is 0 Å². The highest BCUT2D eigenvalue weighted by molar-refractivity contribution is 7.98. The van der Waals surface area contributed by atoms with E-state index in [0.717, 1.165) is 16.9 Å². The lowest BCUT2D eigenvalue weighted by Crippen LogP contribution is -2.26. The van der Waals surface area contributed by atoms with Crippen molar-refractivity contribution in [3.63, 3.8) is 0 Å². The zero-order valence-electron chi connectivity index (χ0n) is 11.3. The summed E-state index contributed by atoms with van der Waals surface area (Å²) in [5.74, 6) is 6.64. The fourth-order valence-corrected chi connectivity index (χ4v) is 1.83. The maximum absolute atomic E-state index is 12.0. The third-order valence-electron chi connectivity index (χ3n) is 2.54. The van der Waals surface area contributed by atoms with Gasteiger partial charge in [0.05, 0.1) is 6.61 Å². The molecule has 0 aliphatic rings. The van der Waals surface area contributed by atoms with Gasteiger partial charge in [-0.15, -0.1) is 0 Å². The summed E-state index contributed by atoms with van der Waals surface area (Å²) in [5.41, 5.74) is 2.40. The highest BCUT2D eigenvalue weighted by Gasteiger charge is 2.08. The minimum atomic E-state index is -0.0580. The van der Waals surface area contributed by atoms with Gasteiger partial charge in [-0.3, -0.25) is 4.79 Å². The summed E-state index contributed by atoms with van der Waals surface area (Å²) in [5, 5.41) is 11.6. The number of carbonyl (C=O) groups is 1. The quantitative estimate of drug-likeness (QED) is 0.637. The Labute approximate surface area is 118 Å². The molecule has 4 heteroatoms. The molecular formula is C15H19NO2S. The van der Waals surface area contributed by atoms with Crippen LogP contribution in [-0.4, -0.2) is 36.2 Å². The topological polar surface area (TPSA) is 49.3 Å². The Morgan fingerprint density at radius 2 is 2.26 bits per heavy atom. The fourth-order valence-electron chi connectivity index (χ4n) is 1.53. The number of aryl methyl sites for hydroxylation is 1. The Kier molecular flexibility index (Phi) is 7.09. The Bertz CT molecular complexity index is 489. The van der Waals surface area contributed by atoms with Gasteiger partial charge in [0.15, 0.2) is 0 Å². The molecule has 0 bridgehead atoms. The Morgan fingerprint density at radius 3 is 2.95 bits per heavy atom. The van der Waals surface area contributed by atoms with Gasteiger partial charge in [-0.2, -0.15) is 11.8 Å². The van der Waals surface area contributed by atoms with Gasteiger partial charge < -0.3 is 10.4 Å². The van der Waals surface area contributed by atoms with E-state index >= 15 is 0 Å². The summed E-state index contributed by atoms with van der Waals surface area (Å²) in [7, 11) is 0. The number of aliphatic hydroxyl groups is 1. The van der Waals surface area contributed by atoms with Crippen molar-refractivity contribution >= 4 is 17.7 Å². The number of hydrogen-bond acceptors (Lipinski definition) is 3. The molecule has 0 aliphatic heterocycles. The molecule has 0 saturated heterocycles. The molecule has 1 amide bonds. The van der Waals surface area contributed by atoms with Crippen LogP contribution in [-0.2, 0) is 0 Å². The molecule has 0 spiro atoms. The van der Waals surface area contributed by atoms with Gasteiger partial charge in [0.2, 0.25) is 0 Å². The molecule has 1 rings (SSSR count). The summed E-state index contributed by atoms with van der Waals surface area (Å²) in [6.45, 7) is 2.63. The van der Waals surface area contributed by atoms with Gasteiger partial charge in [0.1, 0.15) is 0 Å². The number of rotatable bonds is 5. The summed E-state index contributed by atoms with van der Waals surface area (Å²) in [6, 6.07) is 5.58. The second-order valence-electron chi connectivity index (χ2n) is 4.05. The van der Waals surface area contributed by atoms with Crippen LogP contribution in [0.5, 0.6) is 0 Å². The highest BCUT2D eigenvalue weighted by atomic mass is 32.2. The van der Waals surface area contributed by atoms with Crippen LogP contribution in [0.2, 0.25) is 0 Å². The van der Waals surface area contributed by atoms with Crippen molar-refractivity contribution in [2.75, 3.05) is 25.2 Å². The average Bonchev–Trinajstić information content (AvgIpc) is 2.41. The van der Waals surface area contributed by atoms with E-state index in [-0.39, 0.29) is 12.5 Å². The van der Waals surface area contributed by atoms with Crippen molar-refractivity contribution in [3.05, 3.63) is 34.9 Å². The van der Waals surface area contributed by atoms with Crippen molar-refractivity contribution in [1.29, 1.82) is 0 Å². The maximum atomic E-state index is 12.0. The van der Waals surface area contributed by atoms with E-state index in [1.807, 2.05) is 25.3 Å². The van der Waals surface area contributed by atoms with Crippen molar-refractivity contribution in [1.82, 2.24) is 5.32 Å². The van der Waals surface area contributed by atoms with Crippen LogP contribution in [0.25, 0.3) is 0 Å². The first-order chi connectivity index (χ1) is 9.19. The highest BCUT2D eigenvalue weighted by Crippen LogP contribution is 2.10. The molecule has 1 aromatic rings. The van der Waals surface area contributed by atoms with E-state index in [1.54, 1.807) is 17.8 Å². The molecule has 0 aromatic heterocycles. The summed E-state index contributed by atoms with van der Waals surface area (Å²) in [4.78, 5) is 12.0. The second kappa shape index (κ2) is 8.63. The largest absolute Gasteiger partial charge is 0.395 e. The lowest BCUT2D eigenvalue weighted by molar-refractivity contribution is 0.0955. The van der Waals surface area contributed by atoms with Crippen LogP contribution in [0.15, 0.2) is 18.2 Å². The van der Waals surface area contributed by atoms with Gasteiger partial charge in [0.25, 0.3) is 5.91 Å². The monoisotopic (exact) mass is 277 g/mol. The number of benzene rings is 1. The van der Waals surface area contributed by atoms with Crippen LogP contribution in [0.1, 0.15) is 27.9 Å². The summed E-state index contributed by atoms with van der Waals surface area (Å²) in [6.07, 6.45) is 2.46. The van der Waals surface area contributed by atoms with Crippen molar-refractivity contribution in [2.45, 2.75) is 13.3 Å². The average molecular weight is 277 g/mol. The zero-order chi connectivity index (χ0) is 14.1. The van der Waals surface area contributed by atoms with E-state index in [0.29, 0.717) is 18.5 Å². The molecule has 19 heavy (non-hydrogen) atoms. The Morgan fingerprint density at radius 1 is 1.47 bits per heavy atom. The standard InChI is InChI=1S/C15H19NO2S/c1-12-6-7-13(5-3-4-9-17)11-14(12)15(18)16-8-10-19-2/h6-7,11,17H,4,8-10H2,1-2H3,(H,16,18). The third-order valence-corrected chi connectivity index (χ3v) is 3.16. The van der Waals surface area contributed by atoms with Gasteiger partial charge in [0, 0.05) is 29.8 Å².